The molecule has 1 aromatic heterocycles. The van der Waals surface area contributed by atoms with Crippen LogP contribution in [0.5, 0.6) is 0 Å². The molecule has 0 aromatic carbocycles. The molecule has 1 heterocycles. The Kier molecular flexibility index (Phi) is 3.28. The Hall–Kier alpha value is -1.32. The first-order valence-corrected chi connectivity index (χ1v) is 4.75. The van der Waals surface area contributed by atoms with Crippen molar-refractivity contribution in [1.82, 2.24) is 9.55 Å². The second kappa shape index (κ2) is 4.26. The molecule has 0 saturated heterocycles. The summed E-state index contributed by atoms with van der Waals surface area (Å²) >= 11 is 0. The number of ether oxygens (including phenoxy) is 1. The fraction of sp³-hybridized carbons (Fsp3) is 0.600. The topological polar surface area (TPSA) is 44.1 Å². The summed E-state index contributed by atoms with van der Waals surface area (Å²) in [6.45, 7) is 7.81. The third-order valence-corrected chi connectivity index (χ3v) is 2.08. The highest BCUT2D eigenvalue weighted by Gasteiger charge is 2.17. The zero-order valence-corrected chi connectivity index (χ0v) is 9.07. The number of carbonyl (C=O) groups is 1. The molecule has 0 bridgehead atoms. The van der Waals surface area contributed by atoms with Gasteiger partial charge in [0.25, 0.3) is 0 Å². The van der Waals surface area contributed by atoms with Gasteiger partial charge in [0.15, 0.2) is 0 Å². The summed E-state index contributed by atoms with van der Waals surface area (Å²) < 4.78 is 6.76. The number of esters is 1. The SMILES string of the molecule is CCOC(=O)C(C)n1cc(C)nc1C. The average molecular weight is 196 g/mol. The molecule has 0 N–H and O–H groups in total. The van der Waals surface area contributed by atoms with E-state index in [0.717, 1.165) is 11.5 Å². The lowest BCUT2D eigenvalue weighted by Gasteiger charge is -2.13. The average Bonchev–Trinajstić information content (AvgIpc) is 2.44. The lowest BCUT2D eigenvalue weighted by Crippen LogP contribution is -2.19. The monoisotopic (exact) mass is 196 g/mol. The normalized spacial score (nSPS) is 12.6. The predicted octanol–water partition coefficient (Wildman–Crippen LogP) is 1.62. The summed E-state index contributed by atoms with van der Waals surface area (Å²) in [4.78, 5) is 15.7. The van der Waals surface area contributed by atoms with Gasteiger partial charge in [0.1, 0.15) is 11.9 Å². The number of hydrogen-bond donors (Lipinski definition) is 0. The Morgan fingerprint density at radius 2 is 2.29 bits per heavy atom. The second-order valence-corrected chi connectivity index (χ2v) is 3.26. The van der Waals surface area contributed by atoms with Crippen LogP contribution in [-0.4, -0.2) is 22.1 Å². The molecule has 0 aliphatic carbocycles. The summed E-state index contributed by atoms with van der Waals surface area (Å²) in [5.74, 6) is 0.621. The van der Waals surface area contributed by atoms with Gasteiger partial charge in [-0.05, 0) is 27.7 Å². The van der Waals surface area contributed by atoms with Gasteiger partial charge < -0.3 is 9.30 Å². The van der Waals surface area contributed by atoms with Crippen molar-refractivity contribution in [3.8, 4) is 0 Å². The van der Waals surface area contributed by atoms with E-state index < -0.39 is 0 Å². The smallest absolute Gasteiger partial charge is 0.328 e. The lowest BCUT2D eigenvalue weighted by atomic mass is 10.3. The van der Waals surface area contributed by atoms with Gasteiger partial charge >= 0.3 is 5.97 Å². The Morgan fingerprint density at radius 1 is 1.64 bits per heavy atom. The highest BCUT2D eigenvalue weighted by molar-refractivity contribution is 5.73. The second-order valence-electron chi connectivity index (χ2n) is 3.26. The van der Waals surface area contributed by atoms with Gasteiger partial charge in [-0.3, -0.25) is 0 Å². The molecule has 1 unspecified atom stereocenters. The molecule has 0 saturated carbocycles. The molecule has 4 heteroatoms. The predicted molar refractivity (Wildman–Crippen MR) is 53.0 cm³/mol. The zero-order valence-electron chi connectivity index (χ0n) is 9.07. The Bertz CT molecular complexity index is 331. The summed E-state index contributed by atoms with van der Waals surface area (Å²) in [6, 6.07) is -0.295. The minimum absolute atomic E-state index is 0.215. The molecule has 0 aliphatic heterocycles. The number of imidazole rings is 1. The lowest BCUT2D eigenvalue weighted by molar-refractivity contribution is -0.146. The van der Waals surface area contributed by atoms with Crippen LogP contribution in [0.1, 0.15) is 31.4 Å². The van der Waals surface area contributed by atoms with E-state index >= 15 is 0 Å². The molecule has 1 rings (SSSR count). The third-order valence-electron chi connectivity index (χ3n) is 2.08. The summed E-state index contributed by atoms with van der Waals surface area (Å²) in [5.41, 5.74) is 0.915. The van der Waals surface area contributed by atoms with Crippen LogP contribution in [0.15, 0.2) is 6.20 Å². The van der Waals surface area contributed by atoms with E-state index in [2.05, 4.69) is 4.98 Å². The molecule has 1 aromatic rings. The Morgan fingerprint density at radius 3 is 2.71 bits per heavy atom. The molecule has 0 aliphatic rings. The van der Waals surface area contributed by atoms with E-state index in [-0.39, 0.29) is 12.0 Å². The van der Waals surface area contributed by atoms with Crippen molar-refractivity contribution >= 4 is 5.97 Å². The van der Waals surface area contributed by atoms with Crippen molar-refractivity contribution in [3.05, 3.63) is 17.7 Å². The quantitative estimate of drug-likeness (QED) is 0.690. The van der Waals surface area contributed by atoms with E-state index in [1.807, 2.05) is 31.5 Å². The first-order valence-electron chi connectivity index (χ1n) is 4.75. The van der Waals surface area contributed by atoms with Crippen molar-refractivity contribution in [2.24, 2.45) is 0 Å². The van der Waals surface area contributed by atoms with Crippen LogP contribution < -0.4 is 0 Å². The third kappa shape index (κ3) is 2.13. The van der Waals surface area contributed by atoms with Crippen LogP contribution in [0, 0.1) is 13.8 Å². The van der Waals surface area contributed by atoms with E-state index in [1.54, 1.807) is 6.92 Å². The van der Waals surface area contributed by atoms with E-state index in [1.165, 1.54) is 0 Å². The number of aryl methyl sites for hydroxylation is 2. The maximum Gasteiger partial charge on any atom is 0.328 e. The van der Waals surface area contributed by atoms with Gasteiger partial charge in [-0.25, -0.2) is 9.78 Å². The highest BCUT2D eigenvalue weighted by atomic mass is 16.5. The van der Waals surface area contributed by atoms with Crippen LogP contribution in [0.3, 0.4) is 0 Å². The molecular formula is C10H16N2O2. The molecule has 0 amide bonds. The largest absolute Gasteiger partial charge is 0.464 e. The first-order chi connectivity index (χ1) is 6.56. The molecule has 0 spiro atoms. The van der Waals surface area contributed by atoms with E-state index in [9.17, 15) is 4.79 Å². The number of hydrogen-bond acceptors (Lipinski definition) is 3. The standard InChI is InChI=1S/C10H16N2O2/c1-5-14-10(13)8(3)12-6-7(2)11-9(12)4/h6,8H,5H2,1-4H3. The number of nitrogens with zero attached hydrogens (tertiary/aromatic N) is 2. The van der Waals surface area contributed by atoms with Crippen LogP contribution in [0.2, 0.25) is 0 Å². The maximum absolute atomic E-state index is 11.4. The van der Waals surface area contributed by atoms with Gasteiger partial charge in [-0.15, -0.1) is 0 Å². The van der Waals surface area contributed by atoms with Crippen molar-refractivity contribution in [3.63, 3.8) is 0 Å². The van der Waals surface area contributed by atoms with E-state index in [4.69, 9.17) is 4.74 Å². The molecule has 0 fully saturated rings. The molecule has 1 atom stereocenters. The van der Waals surface area contributed by atoms with Crippen molar-refractivity contribution < 1.29 is 9.53 Å². The summed E-state index contributed by atoms with van der Waals surface area (Å²) in [5, 5.41) is 0. The van der Waals surface area contributed by atoms with Crippen molar-refractivity contribution in [2.75, 3.05) is 6.61 Å². The minimum atomic E-state index is -0.295. The molecule has 14 heavy (non-hydrogen) atoms. The molecule has 0 radical (unpaired) electrons. The molecular weight excluding hydrogens is 180 g/mol. The van der Waals surface area contributed by atoms with Gasteiger partial charge in [0.2, 0.25) is 0 Å². The van der Waals surface area contributed by atoms with E-state index in [0.29, 0.717) is 6.61 Å². The van der Waals surface area contributed by atoms with Crippen LogP contribution >= 0.6 is 0 Å². The number of aromatic nitrogens is 2. The van der Waals surface area contributed by atoms with Gasteiger partial charge in [-0.1, -0.05) is 0 Å². The van der Waals surface area contributed by atoms with Gasteiger partial charge in [0.05, 0.1) is 12.3 Å². The zero-order chi connectivity index (χ0) is 10.7. The minimum Gasteiger partial charge on any atom is -0.464 e. The van der Waals surface area contributed by atoms with Crippen molar-refractivity contribution in [1.29, 1.82) is 0 Å². The molecule has 4 nitrogen and oxygen atoms in total. The summed E-state index contributed by atoms with van der Waals surface area (Å²) in [6.07, 6.45) is 1.86. The fourth-order valence-electron chi connectivity index (χ4n) is 1.41. The van der Waals surface area contributed by atoms with Crippen LogP contribution in [-0.2, 0) is 9.53 Å². The van der Waals surface area contributed by atoms with Gasteiger partial charge in [0, 0.05) is 6.20 Å². The van der Waals surface area contributed by atoms with Crippen molar-refractivity contribution in [2.45, 2.75) is 33.7 Å². The summed E-state index contributed by atoms with van der Waals surface area (Å²) in [7, 11) is 0. The van der Waals surface area contributed by atoms with Crippen LogP contribution in [0.25, 0.3) is 0 Å². The first kappa shape index (κ1) is 10.8. The fourth-order valence-corrected chi connectivity index (χ4v) is 1.41. The maximum atomic E-state index is 11.4. The van der Waals surface area contributed by atoms with Crippen LogP contribution in [0.4, 0.5) is 0 Å². The highest BCUT2D eigenvalue weighted by Crippen LogP contribution is 2.12. The van der Waals surface area contributed by atoms with Gasteiger partial charge in [-0.2, -0.15) is 0 Å². The Balaban J connectivity index is 2.83. The number of rotatable bonds is 3. The Labute approximate surface area is 83.9 Å². The number of carbonyl (C=O) groups excluding carboxylic acids is 1. The molecule has 78 valence electrons.